The molecule has 0 saturated carbocycles. The van der Waals surface area contributed by atoms with Gasteiger partial charge >= 0.3 is 0 Å². The second-order valence-electron chi connectivity index (χ2n) is 12.8. The van der Waals surface area contributed by atoms with Crippen LogP contribution in [-0.2, 0) is 32.6 Å². The number of anilines is 2. The number of aryl methyl sites for hydroxylation is 6. The molecule has 4 aromatic heterocycles. The second-order valence-corrected chi connectivity index (χ2v) is 12.8. The number of nitrogens with two attached hydrogens (primary N) is 1. The first-order valence-corrected chi connectivity index (χ1v) is 17.2. The van der Waals surface area contributed by atoms with Crippen LogP contribution in [0.5, 0.6) is 0 Å². The van der Waals surface area contributed by atoms with Gasteiger partial charge in [0, 0.05) is 37.3 Å². The van der Waals surface area contributed by atoms with Gasteiger partial charge in [-0.15, -0.1) is 0 Å². The second kappa shape index (κ2) is 13.6. The molecule has 1 aliphatic rings. The van der Waals surface area contributed by atoms with Gasteiger partial charge in [0.15, 0.2) is 0 Å². The number of carbonyl (C=O) groups is 3. The number of imidazole rings is 2. The molecule has 3 amide bonds. The molecule has 14 heteroatoms. The summed E-state index contributed by atoms with van der Waals surface area (Å²) in [7, 11) is 0. The number of primary amides is 1. The van der Waals surface area contributed by atoms with Crippen LogP contribution in [0.15, 0.2) is 48.5 Å². The number of para-hydroxylation sites is 2. The molecule has 4 N–H and O–H groups in total. The normalized spacial score (nSPS) is 15.0. The number of amides is 3. The molecule has 0 saturated heterocycles. The van der Waals surface area contributed by atoms with Crippen LogP contribution in [0.2, 0.25) is 0 Å². The molecule has 5 heterocycles. The quantitative estimate of drug-likeness (QED) is 0.226. The number of carbonyl (C=O) groups excluding carboxylic acids is 3. The summed E-state index contributed by atoms with van der Waals surface area (Å²) in [6.07, 6.45) is 4.63. The van der Waals surface area contributed by atoms with E-state index in [0.29, 0.717) is 67.0 Å². The molecule has 1 aliphatic heterocycles. The molecule has 0 aliphatic carbocycles. The molecule has 14 nitrogen and oxygen atoms in total. The summed E-state index contributed by atoms with van der Waals surface area (Å²) < 4.78 is 7.53. The van der Waals surface area contributed by atoms with Crippen molar-refractivity contribution in [2.24, 2.45) is 5.73 Å². The summed E-state index contributed by atoms with van der Waals surface area (Å²) in [4.78, 5) is 49.3. The standard InChI is InChI=1S/C36H41N11O3/c1-4-46-31-25(23(3)43-46)12-6-5-9-19-47-30(20-22(2)42-47)33(49)40-35-38-26-13-7-8-14-28(26)44(35)17-10-11-18-45-29-16-15-24(32(37)48)21-27(29)39-36(45)41-34(31)50/h7-8,13-16,20-21H,4-6,9-12,17-19H2,1-3H3,(H2,37,48)(H,38,40,49)(H,39,41,50). The van der Waals surface area contributed by atoms with Crippen LogP contribution in [-0.4, -0.2) is 56.4 Å². The SMILES string of the molecule is CCn1nc(C)c2c1C(=O)Nc1nc3cc(C(N)=O)ccc3n1CCCCn1c(nc3ccccc31)NC(=O)c1cc(C)nn1CCCCC2. The van der Waals surface area contributed by atoms with E-state index in [0.717, 1.165) is 65.6 Å². The summed E-state index contributed by atoms with van der Waals surface area (Å²) in [5, 5.41) is 15.5. The van der Waals surface area contributed by atoms with Gasteiger partial charge in [-0.05, 0) is 89.3 Å². The van der Waals surface area contributed by atoms with Gasteiger partial charge in [0.1, 0.15) is 11.4 Å². The largest absolute Gasteiger partial charge is 0.366 e. The number of hydrogen-bond acceptors (Lipinski definition) is 7. The van der Waals surface area contributed by atoms with Gasteiger partial charge in [0.2, 0.25) is 17.8 Å². The first-order chi connectivity index (χ1) is 24.2. The number of nitrogens with zero attached hydrogens (tertiary/aromatic N) is 8. The predicted octanol–water partition coefficient (Wildman–Crippen LogP) is 5.23. The lowest BCUT2D eigenvalue weighted by atomic mass is 10.0. The molecule has 258 valence electrons. The minimum atomic E-state index is -0.547. The molecule has 6 aromatic rings. The average molecular weight is 676 g/mol. The first kappa shape index (κ1) is 32.7. The molecule has 0 fully saturated rings. The predicted molar refractivity (Wildman–Crippen MR) is 190 cm³/mol. The van der Waals surface area contributed by atoms with Crippen LogP contribution < -0.4 is 16.4 Å². The lowest BCUT2D eigenvalue weighted by Crippen LogP contribution is -2.21. The third-order valence-corrected chi connectivity index (χ3v) is 9.35. The fraction of sp³-hybridized carbons (Fsp3) is 0.361. The Balaban J connectivity index is 1.26. The lowest BCUT2D eigenvalue weighted by molar-refractivity contribution is 0.0994. The van der Waals surface area contributed by atoms with Gasteiger partial charge in [0.25, 0.3) is 11.8 Å². The molecule has 50 heavy (non-hydrogen) atoms. The van der Waals surface area contributed by atoms with Gasteiger partial charge in [0.05, 0.1) is 33.5 Å². The third-order valence-electron chi connectivity index (χ3n) is 9.35. The van der Waals surface area contributed by atoms with Crippen LogP contribution >= 0.6 is 0 Å². The van der Waals surface area contributed by atoms with Crippen molar-refractivity contribution in [1.29, 1.82) is 0 Å². The Morgan fingerprint density at radius 1 is 0.800 bits per heavy atom. The maximum absolute atomic E-state index is 14.1. The first-order valence-electron chi connectivity index (χ1n) is 17.2. The minimum absolute atomic E-state index is 0.255. The zero-order valence-corrected chi connectivity index (χ0v) is 28.6. The average Bonchev–Trinajstić information content (AvgIpc) is 3.83. The monoisotopic (exact) mass is 675 g/mol. The molecule has 0 atom stereocenters. The number of nitrogens with one attached hydrogen (secondary N) is 2. The van der Waals surface area contributed by atoms with Gasteiger partial charge < -0.3 is 14.9 Å². The summed E-state index contributed by atoms with van der Waals surface area (Å²) in [6.45, 7) is 8.04. The Bertz CT molecular complexity index is 2250. The number of aromatic nitrogens is 8. The summed E-state index contributed by atoms with van der Waals surface area (Å²) in [5.41, 5.74) is 12.5. The van der Waals surface area contributed by atoms with E-state index in [1.54, 1.807) is 21.5 Å². The summed E-state index contributed by atoms with van der Waals surface area (Å²) in [6, 6.07) is 14.8. The Labute approximate surface area is 288 Å². The van der Waals surface area contributed by atoms with E-state index in [4.69, 9.17) is 20.8 Å². The number of hydrogen-bond donors (Lipinski definition) is 3. The highest BCUT2D eigenvalue weighted by Gasteiger charge is 2.24. The van der Waals surface area contributed by atoms with Crippen LogP contribution in [0.25, 0.3) is 22.1 Å². The van der Waals surface area contributed by atoms with Gasteiger partial charge in [-0.25, -0.2) is 9.97 Å². The smallest absolute Gasteiger partial charge is 0.276 e. The van der Waals surface area contributed by atoms with E-state index in [2.05, 4.69) is 15.7 Å². The molecule has 0 radical (unpaired) electrons. The van der Waals surface area contributed by atoms with E-state index in [1.807, 2.05) is 66.3 Å². The van der Waals surface area contributed by atoms with Crippen LogP contribution in [0, 0.1) is 13.8 Å². The van der Waals surface area contributed by atoms with Crippen molar-refractivity contribution in [3.8, 4) is 0 Å². The molecular weight excluding hydrogens is 634 g/mol. The fourth-order valence-corrected chi connectivity index (χ4v) is 6.91. The number of rotatable bonds is 2. The van der Waals surface area contributed by atoms with Crippen molar-refractivity contribution in [2.75, 3.05) is 10.6 Å². The van der Waals surface area contributed by atoms with E-state index in [1.165, 1.54) is 0 Å². The van der Waals surface area contributed by atoms with Crippen molar-refractivity contribution in [3.63, 3.8) is 0 Å². The zero-order chi connectivity index (χ0) is 34.9. The van der Waals surface area contributed by atoms with Crippen LogP contribution in [0.4, 0.5) is 11.9 Å². The summed E-state index contributed by atoms with van der Waals surface area (Å²) in [5.74, 6) is -0.222. The maximum Gasteiger partial charge on any atom is 0.276 e. The van der Waals surface area contributed by atoms with Crippen molar-refractivity contribution in [2.45, 2.75) is 85.5 Å². The molecule has 0 spiro atoms. The number of fused-ring (bicyclic) bond motifs is 8. The Kier molecular flexibility index (Phi) is 8.91. The van der Waals surface area contributed by atoms with Crippen molar-refractivity contribution in [3.05, 3.63) is 82.4 Å². The van der Waals surface area contributed by atoms with Crippen molar-refractivity contribution in [1.82, 2.24) is 38.7 Å². The molecule has 7 rings (SSSR count). The molecule has 2 aromatic carbocycles. The maximum atomic E-state index is 14.1. The zero-order valence-electron chi connectivity index (χ0n) is 28.6. The van der Waals surface area contributed by atoms with E-state index >= 15 is 0 Å². The highest BCUT2D eigenvalue weighted by molar-refractivity contribution is 6.05. The van der Waals surface area contributed by atoms with Crippen LogP contribution in [0.3, 0.4) is 0 Å². The Morgan fingerprint density at radius 3 is 2.22 bits per heavy atom. The van der Waals surface area contributed by atoms with E-state index < -0.39 is 5.91 Å². The summed E-state index contributed by atoms with van der Waals surface area (Å²) >= 11 is 0. The Hall–Kier alpha value is -5.79. The highest BCUT2D eigenvalue weighted by Crippen LogP contribution is 2.26. The molecule has 0 unspecified atom stereocenters. The third kappa shape index (κ3) is 6.24. The van der Waals surface area contributed by atoms with Crippen molar-refractivity contribution < 1.29 is 14.4 Å². The van der Waals surface area contributed by atoms with Gasteiger partial charge in [-0.2, -0.15) is 10.2 Å². The van der Waals surface area contributed by atoms with E-state index in [-0.39, 0.29) is 11.8 Å². The molecule has 0 bridgehead atoms. The lowest BCUT2D eigenvalue weighted by Gasteiger charge is -2.13. The Morgan fingerprint density at radius 2 is 1.48 bits per heavy atom. The fourth-order valence-electron chi connectivity index (χ4n) is 6.91. The van der Waals surface area contributed by atoms with Crippen molar-refractivity contribution >= 4 is 51.7 Å². The molecular formula is C36H41N11O3. The van der Waals surface area contributed by atoms with Gasteiger partial charge in [-0.1, -0.05) is 18.6 Å². The highest BCUT2D eigenvalue weighted by atomic mass is 16.2. The minimum Gasteiger partial charge on any atom is -0.366 e. The van der Waals surface area contributed by atoms with Gasteiger partial charge in [-0.3, -0.25) is 34.4 Å². The van der Waals surface area contributed by atoms with Crippen LogP contribution in [0.1, 0.15) is 87.3 Å². The topological polar surface area (TPSA) is 173 Å². The van der Waals surface area contributed by atoms with E-state index in [9.17, 15) is 14.4 Å². The number of benzene rings is 2.